The van der Waals surface area contributed by atoms with Gasteiger partial charge in [0.1, 0.15) is 5.78 Å². The van der Waals surface area contributed by atoms with Gasteiger partial charge in [0.15, 0.2) is 0 Å². The summed E-state index contributed by atoms with van der Waals surface area (Å²) in [6.45, 7) is 4.53. The van der Waals surface area contributed by atoms with E-state index in [4.69, 9.17) is 0 Å². The Kier molecular flexibility index (Phi) is 8.37. The van der Waals surface area contributed by atoms with E-state index in [9.17, 15) is 4.79 Å². The Morgan fingerprint density at radius 2 is 1.50 bits per heavy atom. The normalized spacial score (nSPS) is 24.1. The van der Waals surface area contributed by atoms with Crippen molar-refractivity contribution in [2.75, 3.05) is 0 Å². The quantitative estimate of drug-likeness (QED) is 0.494. The first-order valence-electron chi connectivity index (χ1n) is 8.30. The lowest BCUT2D eigenvalue weighted by Crippen LogP contribution is -2.21. The Bertz CT molecular complexity index is 214. The summed E-state index contributed by atoms with van der Waals surface area (Å²) in [5.74, 6) is 1.89. The molecule has 18 heavy (non-hydrogen) atoms. The van der Waals surface area contributed by atoms with Crippen molar-refractivity contribution in [2.24, 2.45) is 11.8 Å². The molecular formula is C17H32O. The molecule has 0 saturated heterocycles. The second-order valence-corrected chi connectivity index (χ2v) is 6.11. The molecule has 0 bridgehead atoms. The molecule has 1 heteroatoms. The minimum Gasteiger partial charge on any atom is -0.299 e. The van der Waals surface area contributed by atoms with E-state index in [1.165, 1.54) is 64.2 Å². The summed E-state index contributed by atoms with van der Waals surface area (Å²) in [5, 5.41) is 0. The number of hydrogen-bond acceptors (Lipinski definition) is 1. The third kappa shape index (κ3) is 6.02. The number of hydrogen-bond donors (Lipinski definition) is 0. The molecule has 1 nitrogen and oxygen atoms in total. The highest BCUT2D eigenvalue weighted by molar-refractivity contribution is 5.80. The highest BCUT2D eigenvalue weighted by atomic mass is 16.1. The first-order valence-corrected chi connectivity index (χ1v) is 8.30. The summed E-state index contributed by atoms with van der Waals surface area (Å²) in [6, 6.07) is 0. The zero-order valence-corrected chi connectivity index (χ0v) is 12.5. The average Bonchev–Trinajstić information content (AvgIpc) is 2.42. The van der Waals surface area contributed by atoms with Gasteiger partial charge in [0.25, 0.3) is 0 Å². The molecule has 106 valence electrons. The molecule has 0 spiro atoms. The third-order valence-electron chi connectivity index (χ3n) is 4.66. The van der Waals surface area contributed by atoms with Gasteiger partial charge in [0.05, 0.1) is 0 Å². The molecule has 1 fully saturated rings. The number of carbonyl (C=O) groups excluding carboxylic acids is 1. The number of ketones is 1. The van der Waals surface area contributed by atoms with E-state index in [0.29, 0.717) is 11.7 Å². The monoisotopic (exact) mass is 252 g/mol. The molecule has 0 aromatic rings. The van der Waals surface area contributed by atoms with E-state index >= 15 is 0 Å². The minimum atomic E-state index is 0.420. The highest BCUT2D eigenvalue weighted by Crippen LogP contribution is 2.31. The van der Waals surface area contributed by atoms with Crippen LogP contribution in [0, 0.1) is 11.8 Å². The molecule has 0 amide bonds. The van der Waals surface area contributed by atoms with Crippen LogP contribution in [0.15, 0.2) is 0 Å². The predicted octanol–water partition coefficient (Wildman–Crippen LogP) is 5.52. The fourth-order valence-corrected chi connectivity index (χ4v) is 3.18. The second-order valence-electron chi connectivity index (χ2n) is 6.11. The summed E-state index contributed by atoms with van der Waals surface area (Å²) in [4.78, 5) is 12.1. The van der Waals surface area contributed by atoms with Crippen LogP contribution in [-0.2, 0) is 4.79 Å². The van der Waals surface area contributed by atoms with Crippen LogP contribution in [0.5, 0.6) is 0 Å². The summed E-state index contributed by atoms with van der Waals surface area (Å²) in [7, 11) is 0. The van der Waals surface area contributed by atoms with Gasteiger partial charge in [-0.3, -0.25) is 4.79 Å². The summed E-state index contributed by atoms with van der Waals surface area (Å²) in [5.41, 5.74) is 0. The highest BCUT2D eigenvalue weighted by Gasteiger charge is 2.24. The van der Waals surface area contributed by atoms with Crippen molar-refractivity contribution in [2.45, 2.75) is 90.9 Å². The number of rotatable bonds is 9. The van der Waals surface area contributed by atoms with Crippen LogP contribution in [0.2, 0.25) is 0 Å². The van der Waals surface area contributed by atoms with Crippen LogP contribution < -0.4 is 0 Å². The fraction of sp³-hybridized carbons (Fsp3) is 0.941. The van der Waals surface area contributed by atoms with E-state index in [-0.39, 0.29) is 0 Å². The molecule has 0 radical (unpaired) electrons. The van der Waals surface area contributed by atoms with Crippen LogP contribution in [0.25, 0.3) is 0 Å². The van der Waals surface area contributed by atoms with Crippen LogP contribution in [-0.4, -0.2) is 5.78 Å². The molecule has 0 aromatic heterocycles. The van der Waals surface area contributed by atoms with Crippen molar-refractivity contribution in [3.05, 3.63) is 0 Å². The van der Waals surface area contributed by atoms with Gasteiger partial charge in [-0.2, -0.15) is 0 Å². The smallest absolute Gasteiger partial charge is 0.135 e. The number of carbonyl (C=O) groups is 1. The van der Waals surface area contributed by atoms with Crippen molar-refractivity contribution >= 4 is 5.78 Å². The Morgan fingerprint density at radius 3 is 2.11 bits per heavy atom. The van der Waals surface area contributed by atoms with E-state index < -0.39 is 0 Å². The first kappa shape index (κ1) is 15.7. The van der Waals surface area contributed by atoms with Gasteiger partial charge in [-0.05, 0) is 38.0 Å². The molecule has 0 heterocycles. The maximum atomic E-state index is 12.1. The lowest BCUT2D eigenvalue weighted by molar-refractivity contribution is -0.124. The SMILES string of the molecule is CCCCCCCCC(=O)C1CCC(CC)CC1. The maximum Gasteiger partial charge on any atom is 0.135 e. The Morgan fingerprint density at radius 1 is 0.889 bits per heavy atom. The lowest BCUT2D eigenvalue weighted by atomic mass is 9.78. The van der Waals surface area contributed by atoms with E-state index in [1.807, 2.05) is 0 Å². The minimum absolute atomic E-state index is 0.420. The molecule has 0 N–H and O–H groups in total. The summed E-state index contributed by atoms with van der Waals surface area (Å²) in [6.07, 6.45) is 14.8. The van der Waals surface area contributed by atoms with Gasteiger partial charge in [-0.25, -0.2) is 0 Å². The van der Waals surface area contributed by atoms with Gasteiger partial charge in [-0.1, -0.05) is 52.4 Å². The second kappa shape index (κ2) is 9.58. The van der Waals surface area contributed by atoms with Gasteiger partial charge in [-0.15, -0.1) is 0 Å². The molecule has 0 aliphatic heterocycles. The standard InChI is InChI=1S/C17H32O/c1-3-5-6-7-8-9-10-17(18)16-13-11-15(4-2)12-14-16/h15-16H,3-14H2,1-2H3. The van der Waals surface area contributed by atoms with Crippen molar-refractivity contribution < 1.29 is 4.79 Å². The third-order valence-corrected chi connectivity index (χ3v) is 4.66. The van der Waals surface area contributed by atoms with E-state index in [2.05, 4.69) is 13.8 Å². The van der Waals surface area contributed by atoms with Crippen LogP contribution in [0.3, 0.4) is 0 Å². The lowest BCUT2D eigenvalue weighted by Gasteiger charge is -2.26. The van der Waals surface area contributed by atoms with Gasteiger partial charge >= 0.3 is 0 Å². The zero-order chi connectivity index (χ0) is 13.2. The van der Waals surface area contributed by atoms with Gasteiger partial charge < -0.3 is 0 Å². The Hall–Kier alpha value is -0.330. The number of Topliss-reactive ketones (excluding diaryl/α,β-unsaturated/α-hetero) is 1. The van der Waals surface area contributed by atoms with Crippen LogP contribution >= 0.6 is 0 Å². The topological polar surface area (TPSA) is 17.1 Å². The fourth-order valence-electron chi connectivity index (χ4n) is 3.18. The molecular weight excluding hydrogens is 220 g/mol. The molecule has 1 aliphatic rings. The largest absolute Gasteiger partial charge is 0.299 e. The first-order chi connectivity index (χ1) is 8.77. The van der Waals surface area contributed by atoms with Gasteiger partial charge in [0, 0.05) is 12.3 Å². The molecule has 0 unspecified atom stereocenters. The Labute approximate surface area is 114 Å². The zero-order valence-electron chi connectivity index (χ0n) is 12.5. The Balaban J connectivity index is 2.03. The van der Waals surface area contributed by atoms with Crippen molar-refractivity contribution in [1.82, 2.24) is 0 Å². The molecule has 1 aliphatic carbocycles. The molecule has 1 saturated carbocycles. The van der Waals surface area contributed by atoms with Crippen molar-refractivity contribution in [3.63, 3.8) is 0 Å². The maximum absolute atomic E-state index is 12.1. The van der Waals surface area contributed by atoms with Crippen LogP contribution in [0.1, 0.15) is 90.9 Å². The van der Waals surface area contributed by atoms with E-state index in [0.717, 1.165) is 18.8 Å². The molecule has 1 rings (SSSR count). The van der Waals surface area contributed by atoms with Gasteiger partial charge in [0.2, 0.25) is 0 Å². The van der Waals surface area contributed by atoms with E-state index in [1.54, 1.807) is 0 Å². The van der Waals surface area contributed by atoms with Crippen LogP contribution in [0.4, 0.5) is 0 Å². The summed E-state index contributed by atoms with van der Waals surface area (Å²) < 4.78 is 0. The molecule has 0 aromatic carbocycles. The van der Waals surface area contributed by atoms with Crippen molar-refractivity contribution in [3.8, 4) is 0 Å². The predicted molar refractivity (Wildman–Crippen MR) is 78.7 cm³/mol. The summed E-state index contributed by atoms with van der Waals surface area (Å²) >= 11 is 0. The number of unbranched alkanes of at least 4 members (excludes halogenated alkanes) is 5. The average molecular weight is 252 g/mol. The van der Waals surface area contributed by atoms with Crippen molar-refractivity contribution in [1.29, 1.82) is 0 Å². The molecule has 0 atom stereocenters.